The average Bonchev–Trinajstić information content (AvgIpc) is 2.41. The highest BCUT2D eigenvalue weighted by Crippen LogP contribution is 2.19. The van der Waals surface area contributed by atoms with Crippen LogP contribution in [0.25, 0.3) is 6.08 Å². The van der Waals surface area contributed by atoms with Crippen molar-refractivity contribution in [1.82, 2.24) is 5.32 Å². The first-order valence-electron chi connectivity index (χ1n) is 6.02. The zero-order valence-electron chi connectivity index (χ0n) is 11.1. The Kier molecular flexibility index (Phi) is 6.76. The Balaban J connectivity index is 2.66. The number of benzene rings is 1. The molecule has 1 aromatic rings. The molecule has 0 radical (unpaired) electrons. The minimum absolute atomic E-state index is 0.225. The molecule has 0 aliphatic rings. The molecule has 0 unspecified atom stereocenters. The highest BCUT2D eigenvalue weighted by molar-refractivity contribution is 6.32. The molecule has 0 aliphatic carbocycles. The van der Waals surface area contributed by atoms with Gasteiger partial charge in [-0.15, -0.1) is 0 Å². The van der Waals surface area contributed by atoms with Gasteiger partial charge < -0.3 is 15.2 Å². The van der Waals surface area contributed by atoms with Gasteiger partial charge in [0.05, 0.1) is 0 Å². The predicted octanol–water partition coefficient (Wildman–Crippen LogP) is 2.20. The van der Waals surface area contributed by atoms with Crippen LogP contribution in [-0.2, 0) is 9.53 Å². The topological polar surface area (TPSA) is 75.6 Å². The third kappa shape index (κ3) is 5.42. The second-order valence-corrected chi connectivity index (χ2v) is 4.42. The van der Waals surface area contributed by atoms with Crippen LogP contribution in [0.15, 0.2) is 24.3 Å². The number of carboxylic acid groups (broad SMARTS) is 1. The number of hydrogen-bond acceptors (Lipinski definition) is 3. The summed E-state index contributed by atoms with van der Waals surface area (Å²) in [6, 6.07) is 4.71. The maximum Gasteiger partial charge on any atom is 0.328 e. The van der Waals surface area contributed by atoms with Crippen LogP contribution in [0.1, 0.15) is 22.3 Å². The number of methoxy groups -OCH3 is 1. The molecule has 108 valence electrons. The summed E-state index contributed by atoms with van der Waals surface area (Å²) in [5, 5.41) is 11.6. The highest BCUT2D eigenvalue weighted by Gasteiger charge is 2.07. The van der Waals surface area contributed by atoms with Gasteiger partial charge in [-0.3, -0.25) is 4.79 Å². The van der Waals surface area contributed by atoms with Gasteiger partial charge in [-0.05, 0) is 30.2 Å². The molecule has 0 fully saturated rings. The molecule has 0 bridgehead atoms. The number of ether oxygens (including phenoxy) is 1. The molecular formula is C14H16ClNO4. The molecule has 0 saturated heterocycles. The first-order chi connectivity index (χ1) is 9.54. The Hall–Kier alpha value is -1.85. The SMILES string of the molecule is COCCCNC(=O)c1ccc(/C=C/C(=O)O)c(Cl)c1. The summed E-state index contributed by atoms with van der Waals surface area (Å²) in [6.45, 7) is 1.10. The van der Waals surface area contributed by atoms with Crippen LogP contribution >= 0.6 is 11.6 Å². The lowest BCUT2D eigenvalue weighted by molar-refractivity contribution is -0.131. The standard InChI is InChI=1S/C14H16ClNO4/c1-20-8-2-7-16-14(19)11-4-3-10(12(15)9-11)5-6-13(17)18/h3-6,9H,2,7-8H2,1H3,(H,16,19)(H,17,18)/b6-5+. The van der Waals surface area contributed by atoms with Gasteiger partial charge in [0.25, 0.3) is 5.91 Å². The molecule has 1 amide bonds. The van der Waals surface area contributed by atoms with E-state index in [9.17, 15) is 9.59 Å². The first-order valence-corrected chi connectivity index (χ1v) is 6.40. The summed E-state index contributed by atoms with van der Waals surface area (Å²) >= 11 is 6.00. The molecule has 0 heterocycles. The molecule has 0 saturated carbocycles. The molecule has 0 atom stereocenters. The average molecular weight is 298 g/mol. The van der Waals surface area contributed by atoms with E-state index >= 15 is 0 Å². The second kappa shape index (κ2) is 8.35. The summed E-state index contributed by atoms with van der Waals surface area (Å²) in [5.41, 5.74) is 0.977. The Morgan fingerprint density at radius 1 is 1.45 bits per heavy atom. The van der Waals surface area contributed by atoms with Crippen LogP contribution in [0.5, 0.6) is 0 Å². The van der Waals surface area contributed by atoms with Crippen LogP contribution in [0.3, 0.4) is 0 Å². The third-order valence-corrected chi connectivity index (χ3v) is 2.81. The highest BCUT2D eigenvalue weighted by atomic mass is 35.5. The van der Waals surface area contributed by atoms with Crippen LogP contribution in [-0.4, -0.2) is 37.2 Å². The fourth-order valence-corrected chi connectivity index (χ4v) is 1.73. The predicted molar refractivity (Wildman–Crippen MR) is 76.9 cm³/mol. The first kappa shape index (κ1) is 16.2. The van der Waals surface area contributed by atoms with E-state index in [-0.39, 0.29) is 5.91 Å². The molecule has 0 spiro atoms. The van der Waals surface area contributed by atoms with E-state index in [1.807, 2.05) is 0 Å². The fraction of sp³-hybridized carbons (Fsp3) is 0.286. The van der Waals surface area contributed by atoms with E-state index in [1.165, 1.54) is 12.1 Å². The van der Waals surface area contributed by atoms with Gasteiger partial charge in [-0.1, -0.05) is 17.7 Å². The second-order valence-electron chi connectivity index (χ2n) is 4.01. The van der Waals surface area contributed by atoms with Crippen LogP contribution in [0.2, 0.25) is 5.02 Å². The zero-order chi connectivity index (χ0) is 15.0. The normalized spacial score (nSPS) is 10.7. The van der Waals surface area contributed by atoms with Gasteiger partial charge >= 0.3 is 5.97 Å². The molecule has 0 aromatic heterocycles. The van der Waals surface area contributed by atoms with Crippen molar-refractivity contribution in [2.24, 2.45) is 0 Å². The Bertz CT molecular complexity index is 514. The molecule has 2 N–H and O–H groups in total. The lowest BCUT2D eigenvalue weighted by Crippen LogP contribution is -2.25. The number of hydrogen-bond donors (Lipinski definition) is 2. The molecular weight excluding hydrogens is 282 g/mol. The number of amides is 1. The fourth-order valence-electron chi connectivity index (χ4n) is 1.49. The minimum Gasteiger partial charge on any atom is -0.478 e. The van der Waals surface area contributed by atoms with Crippen LogP contribution in [0.4, 0.5) is 0 Å². The Morgan fingerprint density at radius 2 is 2.20 bits per heavy atom. The summed E-state index contributed by atoms with van der Waals surface area (Å²) < 4.78 is 4.88. The third-order valence-electron chi connectivity index (χ3n) is 2.48. The van der Waals surface area contributed by atoms with Crippen molar-refractivity contribution >= 4 is 29.6 Å². The monoisotopic (exact) mass is 297 g/mol. The van der Waals surface area contributed by atoms with E-state index in [2.05, 4.69) is 5.32 Å². The van der Waals surface area contributed by atoms with Crippen molar-refractivity contribution in [2.45, 2.75) is 6.42 Å². The number of carbonyl (C=O) groups is 2. The largest absolute Gasteiger partial charge is 0.478 e. The van der Waals surface area contributed by atoms with Crippen LogP contribution < -0.4 is 5.32 Å². The number of carbonyl (C=O) groups excluding carboxylic acids is 1. The summed E-state index contributed by atoms with van der Waals surface area (Å²) in [6.07, 6.45) is 3.10. The molecule has 1 aromatic carbocycles. The van der Waals surface area contributed by atoms with Crippen LogP contribution in [0, 0.1) is 0 Å². The van der Waals surface area contributed by atoms with Crippen molar-refractivity contribution in [3.63, 3.8) is 0 Å². The van der Waals surface area contributed by atoms with E-state index in [0.29, 0.717) is 29.3 Å². The minimum atomic E-state index is -1.05. The van der Waals surface area contributed by atoms with E-state index in [4.69, 9.17) is 21.4 Å². The lowest BCUT2D eigenvalue weighted by Gasteiger charge is -2.06. The van der Waals surface area contributed by atoms with Gasteiger partial charge in [0.15, 0.2) is 0 Å². The number of aliphatic carboxylic acids is 1. The molecule has 0 aliphatic heterocycles. The number of halogens is 1. The smallest absolute Gasteiger partial charge is 0.328 e. The van der Waals surface area contributed by atoms with Gasteiger partial charge in [-0.2, -0.15) is 0 Å². The van der Waals surface area contributed by atoms with E-state index < -0.39 is 5.97 Å². The van der Waals surface area contributed by atoms with Crippen molar-refractivity contribution in [2.75, 3.05) is 20.3 Å². The van der Waals surface area contributed by atoms with E-state index in [0.717, 1.165) is 12.5 Å². The molecule has 5 nitrogen and oxygen atoms in total. The maximum absolute atomic E-state index is 11.8. The number of rotatable bonds is 7. The lowest BCUT2D eigenvalue weighted by atomic mass is 10.1. The summed E-state index contributed by atoms with van der Waals surface area (Å²) in [4.78, 5) is 22.2. The van der Waals surface area contributed by atoms with Gasteiger partial charge in [-0.25, -0.2) is 4.79 Å². The Labute approximate surface area is 122 Å². The van der Waals surface area contributed by atoms with Gasteiger partial charge in [0.2, 0.25) is 0 Å². The van der Waals surface area contributed by atoms with Gasteiger partial charge in [0, 0.05) is 36.9 Å². The summed E-state index contributed by atoms with van der Waals surface area (Å²) in [5.74, 6) is -1.28. The Morgan fingerprint density at radius 3 is 2.80 bits per heavy atom. The quantitative estimate of drug-likeness (QED) is 0.597. The van der Waals surface area contributed by atoms with Crippen molar-refractivity contribution in [3.8, 4) is 0 Å². The molecule has 20 heavy (non-hydrogen) atoms. The van der Waals surface area contributed by atoms with E-state index in [1.54, 1.807) is 19.2 Å². The number of nitrogens with one attached hydrogen (secondary N) is 1. The van der Waals surface area contributed by atoms with Gasteiger partial charge in [0.1, 0.15) is 0 Å². The zero-order valence-corrected chi connectivity index (χ0v) is 11.8. The maximum atomic E-state index is 11.8. The summed E-state index contributed by atoms with van der Waals surface area (Å²) in [7, 11) is 1.60. The van der Waals surface area contributed by atoms with Crippen molar-refractivity contribution < 1.29 is 19.4 Å². The molecule has 6 heteroatoms. The molecule has 1 rings (SSSR count). The van der Waals surface area contributed by atoms with Crippen molar-refractivity contribution in [3.05, 3.63) is 40.4 Å². The van der Waals surface area contributed by atoms with Crippen molar-refractivity contribution in [1.29, 1.82) is 0 Å². The number of carboxylic acids is 1.